The molecule has 0 fully saturated rings. The number of benzene rings is 12. The lowest BCUT2D eigenvalue weighted by atomic mass is 10.0. The molecule has 18 aliphatic rings. The summed E-state index contributed by atoms with van der Waals surface area (Å²) in [6, 6.07) is 79.8. The molecular formula is C111H72N24+6. The van der Waals surface area contributed by atoms with Crippen LogP contribution in [0.1, 0.15) is 134 Å². The number of fused-ring (bicyclic) bond motifs is 36. The molecule has 0 saturated carbocycles. The van der Waals surface area contributed by atoms with Crippen LogP contribution >= 0.6 is 0 Å². The van der Waals surface area contributed by atoms with E-state index in [1.807, 2.05) is 0 Å². The summed E-state index contributed by atoms with van der Waals surface area (Å²) >= 11 is 0. The third-order valence-electron chi connectivity index (χ3n) is 31.1. The Hall–Kier alpha value is -17.3. The van der Waals surface area contributed by atoms with Gasteiger partial charge >= 0.3 is 17.7 Å². The van der Waals surface area contributed by atoms with Gasteiger partial charge in [-0.1, -0.05) is 199 Å². The molecule has 135 heavy (non-hydrogen) atoms. The van der Waals surface area contributed by atoms with Crippen LogP contribution < -0.4 is 32.9 Å². The highest BCUT2D eigenvalue weighted by atomic mass is 15.7. The molecule has 0 saturated heterocycles. The van der Waals surface area contributed by atoms with E-state index in [1.165, 1.54) is 66.8 Å². The molecule has 0 bridgehead atoms. The summed E-state index contributed by atoms with van der Waals surface area (Å²) in [5.74, 6) is 13.5. The van der Waals surface area contributed by atoms with Crippen LogP contribution in [-0.4, -0.2) is 125 Å². The first-order chi connectivity index (χ1) is 65.8. The Morgan fingerprint density at radius 2 is 0.333 bits per heavy atom. The lowest BCUT2D eigenvalue weighted by Crippen LogP contribution is -2.71. The van der Waals surface area contributed by atoms with Crippen molar-refractivity contribution in [1.29, 1.82) is 0 Å². The van der Waals surface area contributed by atoms with Gasteiger partial charge in [0.05, 0.1) is 66.8 Å². The second-order valence-electron chi connectivity index (χ2n) is 39.5. The van der Waals surface area contributed by atoms with E-state index in [9.17, 15) is 0 Å². The maximum Gasteiger partial charge on any atom is 0.404 e. The molecule has 12 aromatic carbocycles. The van der Waals surface area contributed by atoms with Gasteiger partial charge in [0.2, 0.25) is 67.8 Å². The second-order valence-corrected chi connectivity index (χ2v) is 39.5. The predicted molar refractivity (Wildman–Crippen MR) is 518 cm³/mol. The van der Waals surface area contributed by atoms with Gasteiger partial charge in [0.15, 0.2) is 0 Å². The average molecular weight is 1740 g/mol. The normalized spacial score (nSPS) is 20.1. The van der Waals surface area contributed by atoms with Crippen LogP contribution in [0.5, 0.6) is 0 Å². The topological polar surface area (TPSA) is 196 Å². The number of hydrogen-bond donors (Lipinski definition) is 0. The van der Waals surface area contributed by atoms with Crippen molar-refractivity contribution >= 4 is 170 Å². The van der Waals surface area contributed by atoms with E-state index in [0.717, 1.165) is 269 Å². The minimum absolute atomic E-state index is 0.906. The summed E-state index contributed by atoms with van der Waals surface area (Å²) in [6.07, 6.45) is 0. The van der Waals surface area contributed by atoms with E-state index in [4.69, 9.17) is 59.9 Å². The zero-order valence-electron chi connectivity index (χ0n) is 75.0. The van der Waals surface area contributed by atoms with Crippen LogP contribution in [-0.2, 0) is 17.7 Å². The van der Waals surface area contributed by atoms with Crippen molar-refractivity contribution in [2.45, 2.75) is 101 Å². The molecule has 18 aromatic rings. The highest BCUT2D eigenvalue weighted by Crippen LogP contribution is 2.58. The smallest absolute Gasteiger partial charge is 0.192 e. The Morgan fingerprint density at radius 1 is 0.156 bits per heavy atom. The Labute approximate surface area is 765 Å². The number of aryl methyl sites for hydroxylation is 12. The maximum absolute atomic E-state index is 5.53. The second kappa shape index (κ2) is 22.3. The number of aromatic nitrogens is 6. The number of hydrogen-bond acceptors (Lipinski definition) is 12. The molecule has 0 amide bonds. The standard InChI is InChI=1S/3C37H24N8/c1-17-5-9-21-25(13-17)33-39-31-23-11-7-18(2)14-26(23)34-40-32-24-12-8-20(4)16-28(24)36-41-35-27-15-19(3)6-10-22(27)30-38-29(21)42(33)37(43(30)35,44(31)34)45(32)36;1-17-5-9-21-25(13-17)33-38-30-22-10-6-18(2)14-26(22)35-40-32-24-12-8-20(4)16-28(24)36-41-31-23-11-7-19(3)15-27(23)34-39-29(21)42(33)37(43(30)35,44(31)34)45(32)36;1-17-5-9-21-25(13-17)33-39-31-23-11-7-19(3)15-27(23)35-41-36-28-16-20(4)8-12-24(28)32-40-34-26-14-18(2)6-10-22(26)30-38-29(21)42(33)37(43(30)34,44(31)35)45(32)36/h3*5-16H,1-4H3/q3*+2/t37-;;37-/m0.1/s1. The van der Waals surface area contributed by atoms with Crippen LogP contribution in [0.15, 0.2) is 278 Å². The Bertz CT molecular complexity index is 10300. The highest BCUT2D eigenvalue weighted by molar-refractivity contribution is 6.25. The zero-order valence-corrected chi connectivity index (χ0v) is 75.0. The molecule has 3 spiro atoms. The fourth-order valence-corrected chi connectivity index (χ4v) is 25.6. The number of rotatable bonds is 0. The fourth-order valence-electron chi connectivity index (χ4n) is 25.6. The van der Waals surface area contributed by atoms with Gasteiger partial charge in [0.1, 0.15) is 0 Å². The average Bonchev–Trinajstić information content (AvgIpc) is 1.47. The third-order valence-corrected chi connectivity index (χ3v) is 31.1. The van der Waals surface area contributed by atoms with Gasteiger partial charge in [-0.15, -0.1) is 27.5 Å². The summed E-state index contributed by atoms with van der Waals surface area (Å²) < 4.78 is 28.4. The van der Waals surface area contributed by atoms with Gasteiger partial charge in [-0.25, -0.2) is 0 Å². The van der Waals surface area contributed by atoms with Gasteiger partial charge in [0.25, 0.3) is 70.0 Å². The molecule has 24 heterocycles. The summed E-state index contributed by atoms with van der Waals surface area (Å²) in [6.45, 7) is 25.8. The molecule has 18 aliphatic heterocycles. The van der Waals surface area contributed by atoms with Crippen LogP contribution in [0.2, 0.25) is 0 Å². The first-order valence-electron chi connectivity index (χ1n) is 46.3. The van der Waals surface area contributed by atoms with Crippen molar-refractivity contribution in [3.8, 4) is 0 Å². The zero-order chi connectivity index (χ0) is 89.0. The van der Waals surface area contributed by atoms with Crippen LogP contribution in [0.3, 0.4) is 0 Å². The van der Waals surface area contributed by atoms with E-state index < -0.39 is 17.7 Å². The molecular weight excluding hydrogens is 1670 g/mol. The van der Waals surface area contributed by atoms with E-state index in [-0.39, 0.29) is 0 Å². The van der Waals surface area contributed by atoms with Crippen molar-refractivity contribution in [2.75, 3.05) is 0 Å². The third kappa shape index (κ3) is 7.56. The summed E-state index contributed by atoms with van der Waals surface area (Å²) in [5, 5.41) is 13.2. The monoisotopic (exact) mass is 1740 g/mol. The number of amidine groups is 12. The van der Waals surface area contributed by atoms with Gasteiger partial charge in [-0.3, -0.25) is 0 Å². The molecule has 630 valence electrons. The first-order valence-corrected chi connectivity index (χ1v) is 46.3. The largest absolute Gasteiger partial charge is 0.404 e. The Kier molecular flexibility index (Phi) is 11.7. The molecule has 0 aliphatic carbocycles. The van der Waals surface area contributed by atoms with Crippen molar-refractivity contribution in [2.24, 2.45) is 59.9 Å². The molecule has 24 heteroatoms. The Morgan fingerprint density at radius 3 is 0.585 bits per heavy atom. The number of nitrogens with zero attached hydrogens (tertiary/aromatic N) is 24. The summed E-state index contributed by atoms with van der Waals surface area (Å²) in [7, 11) is 0. The maximum atomic E-state index is 5.53. The minimum atomic E-state index is -0.947. The predicted octanol–water partition coefficient (Wildman–Crippen LogP) is 14.8. The lowest BCUT2D eigenvalue weighted by molar-refractivity contribution is -0.791. The van der Waals surface area contributed by atoms with Gasteiger partial charge in [-0.2, -0.15) is 27.4 Å². The van der Waals surface area contributed by atoms with Crippen molar-refractivity contribution in [1.82, 2.24) is 27.4 Å². The lowest BCUT2D eigenvalue weighted by Gasteiger charge is -2.40. The molecule has 3 atom stereocenters. The van der Waals surface area contributed by atoms with Gasteiger partial charge in [-0.05, 0) is 229 Å². The molecule has 6 aromatic heterocycles. The Balaban J connectivity index is 0.0000000896. The van der Waals surface area contributed by atoms with E-state index in [0.29, 0.717) is 0 Å². The molecule has 0 N–H and O–H groups in total. The first kappa shape index (κ1) is 70.6. The van der Waals surface area contributed by atoms with Crippen LogP contribution in [0.4, 0.5) is 34.9 Å². The quantitative estimate of drug-likeness (QED) is 0.130. The van der Waals surface area contributed by atoms with Crippen molar-refractivity contribution < 1.29 is 27.5 Å². The molecule has 24 nitrogen and oxygen atoms in total. The van der Waals surface area contributed by atoms with E-state index >= 15 is 0 Å². The molecule has 36 rings (SSSR count). The van der Waals surface area contributed by atoms with Crippen LogP contribution in [0, 0.1) is 83.1 Å². The van der Waals surface area contributed by atoms with Crippen LogP contribution in [0.25, 0.3) is 64.6 Å². The van der Waals surface area contributed by atoms with Gasteiger partial charge < -0.3 is 0 Å². The molecule has 1 unspecified atom stereocenters. The van der Waals surface area contributed by atoms with Crippen molar-refractivity contribution in [3.05, 3.63) is 385 Å². The summed E-state index contributed by atoms with van der Waals surface area (Å²) in [5.41, 5.74) is 32.9. The minimum Gasteiger partial charge on any atom is -0.192 e. The highest BCUT2D eigenvalue weighted by Gasteiger charge is 2.74. The molecule has 0 radical (unpaired) electrons. The summed E-state index contributed by atoms with van der Waals surface area (Å²) in [4.78, 5) is 66.2. The SMILES string of the molecule is Cc1ccc2c(c1)C1=Nc3c4ccc(C)cc4c4n3C35n6c(c7ccc(C)cc7c6=NC2=[N+]13)=NC1=[N+]5C(=N4)c2ccc(C)cc21.Cc1ccc2c(c1)C1=Nc3c4ccc(C)cc4c4n3[C@@]35n6c(c7ccc(C)cc7c6=NC6=[N+]3C(=N4)c3cc(C)ccc36)=NC2=[N+]15.Cc1ccc2c(c1)C1=Nc3c4ccc(C)cc4c4n3[C@]35n6c(c7ccc(C)cc7c6=NC6=[N+]3C(=N4)c3ccc(C)cc36)=NC2=[N+]15. The fraction of sp³-hybridized carbons (Fsp3) is 0.135. The van der Waals surface area contributed by atoms with Gasteiger partial charge in [0, 0.05) is 64.6 Å². The van der Waals surface area contributed by atoms with Crippen molar-refractivity contribution in [3.63, 3.8) is 0 Å². The van der Waals surface area contributed by atoms with E-state index in [2.05, 4.69) is 356 Å². The van der Waals surface area contributed by atoms with E-state index in [1.54, 1.807) is 0 Å². The number of aliphatic imine (C=N–C) groups is 6.